The molecule has 9 nitrogen and oxygen atoms in total. The minimum Gasteiger partial charge on any atom is -0.454 e. The minimum absolute atomic E-state index is 0.0979. The topological polar surface area (TPSA) is 94.9 Å². The van der Waals surface area contributed by atoms with E-state index in [0.29, 0.717) is 49.4 Å². The number of aromatic nitrogens is 2. The third kappa shape index (κ3) is 4.23. The maximum atomic E-state index is 13.1. The molecule has 1 fully saturated rings. The molecule has 33 heavy (non-hydrogen) atoms. The average molecular weight is 450 g/mol. The largest absolute Gasteiger partial charge is 0.454 e. The third-order valence-corrected chi connectivity index (χ3v) is 5.93. The average Bonchev–Trinajstić information content (AvgIpc) is 3.53. The van der Waals surface area contributed by atoms with E-state index in [1.165, 1.54) is 0 Å². The molecule has 0 saturated carbocycles. The van der Waals surface area contributed by atoms with E-state index in [2.05, 4.69) is 10.3 Å². The lowest BCUT2D eigenvalue weighted by Gasteiger charge is -2.17. The van der Waals surface area contributed by atoms with Gasteiger partial charge in [-0.05, 0) is 37.6 Å². The number of hydrogen-bond acceptors (Lipinski definition) is 6. The molecular formula is C24H26N4O5. The predicted octanol–water partition coefficient (Wildman–Crippen LogP) is 3.18. The van der Waals surface area contributed by atoms with Crippen LogP contribution in [0, 0.1) is 5.92 Å². The number of nitrogens with zero attached hydrogens (tertiary/aromatic N) is 3. The summed E-state index contributed by atoms with van der Waals surface area (Å²) >= 11 is 0. The van der Waals surface area contributed by atoms with Crippen LogP contribution >= 0.6 is 0 Å². The standard InChI is InChI=1S/C24H26N4O5/c1-2-31-11-5-10-27-19-7-4-3-6-18(19)25-24(27)26-23(30)16-12-22(29)28(14-16)17-8-9-20-21(13-17)33-15-32-20/h3-4,6-9,13,16H,2,5,10-12,14-15H2,1H3,(H,25,26,30). The molecule has 172 valence electrons. The summed E-state index contributed by atoms with van der Waals surface area (Å²) in [7, 11) is 0. The van der Waals surface area contributed by atoms with Crippen LogP contribution in [0.2, 0.25) is 0 Å². The van der Waals surface area contributed by atoms with Crippen LogP contribution in [-0.4, -0.2) is 47.9 Å². The highest BCUT2D eigenvalue weighted by Crippen LogP contribution is 2.37. The fraction of sp³-hybridized carbons (Fsp3) is 0.375. The van der Waals surface area contributed by atoms with E-state index in [1.54, 1.807) is 17.0 Å². The molecular weight excluding hydrogens is 424 g/mol. The Morgan fingerprint density at radius 2 is 2.06 bits per heavy atom. The van der Waals surface area contributed by atoms with E-state index in [0.717, 1.165) is 17.5 Å². The smallest absolute Gasteiger partial charge is 0.232 e. The molecule has 5 rings (SSSR count). The van der Waals surface area contributed by atoms with Gasteiger partial charge in [-0.25, -0.2) is 4.98 Å². The van der Waals surface area contributed by atoms with Crippen molar-refractivity contribution in [3.63, 3.8) is 0 Å². The number of carbonyl (C=O) groups is 2. The Bertz CT molecular complexity index is 1190. The normalized spacial score (nSPS) is 17.2. The van der Waals surface area contributed by atoms with Crippen molar-refractivity contribution >= 4 is 34.5 Å². The van der Waals surface area contributed by atoms with Gasteiger partial charge in [-0.15, -0.1) is 0 Å². The quantitative estimate of drug-likeness (QED) is 0.530. The maximum absolute atomic E-state index is 13.1. The lowest BCUT2D eigenvalue weighted by molar-refractivity contribution is -0.122. The second-order valence-corrected chi connectivity index (χ2v) is 8.06. The van der Waals surface area contributed by atoms with Gasteiger partial charge in [0.2, 0.25) is 24.6 Å². The Kier molecular flexibility index (Phi) is 5.87. The summed E-state index contributed by atoms with van der Waals surface area (Å²) in [6, 6.07) is 13.1. The van der Waals surface area contributed by atoms with E-state index in [4.69, 9.17) is 14.2 Å². The van der Waals surface area contributed by atoms with E-state index in [1.807, 2.05) is 41.8 Å². The summed E-state index contributed by atoms with van der Waals surface area (Å²) in [6.45, 7) is 4.41. The molecule has 3 heterocycles. The highest BCUT2D eigenvalue weighted by molar-refractivity contribution is 6.03. The van der Waals surface area contributed by atoms with Crippen molar-refractivity contribution in [1.29, 1.82) is 0 Å². The molecule has 1 saturated heterocycles. The van der Waals surface area contributed by atoms with Crippen LogP contribution in [0.1, 0.15) is 19.8 Å². The monoisotopic (exact) mass is 450 g/mol. The van der Waals surface area contributed by atoms with Crippen LogP contribution < -0.4 is 19.7 Å². The maximum Gasteiger partial charge on any atom is 0.232 e. The number of hydrogen-bond donors (Lipinski definition) is 1. The zero-order valence-corrected chi connectivity index (χ0v) is 18.5. The van der Waals surface area contributed by atoms with Crippen LogP contribution in [0.25, 0.3) is 11.0 Å². The highest BCUT2D eigenvalue weighted by atomic mass is 16.7. The van der Waals surface area contributed by atoms with Gasteiger partial charge in [0, 0.05) is 44.5 Å². The Morgan fingerprint density at radius 1 is 1.21 bits per heavy atom. The Hall–Kier alpha value is -3.59. The van der Waals surface area contributed by atoms with Crippen LogP contribution in [-0.2, 0) is 20.9 Å². The van der Waals surface area contributed by atoms with E-state index in [9.17, 15) is 9.59 Å². The van der Waals surface area contributed by atoms with E-state index < -0.39 is 5.92 Å². The first-order valence-electron chi connectivity index (χ1n) is 11.2. The number of rotatable bonds is 8. The van der Waals surface area contributed by atoms with Crippen LogP contribution in [0.5, 0.6) is 11.5 Å². The van der Waals surface area contributed by atoms with Crippen molar-refractivity contribution in [2.45, 2.75) is 26.3 Å². The van der Waals surface area contributed by atoms with Crippen molar-refractivity contribution in [1.82, 2.24) is 9.55 Å². The van der Waals surface area contributed by atoms with Crippen molar-refractivity contribution in [2.24, 2.45) is 5.92 Å². The molecule has 9 heteroatoms. The number of anilines is 2. The Morgan fingerprint density at radius 3 is 2.94 bits per heavy atom. The number of carbonyl (C=O) groups excluding carboxylic acids is 2. The van der Waals surface area contributed by atoms with E-state index >= 15 is 0 Å². The second-order valence-electron chi connectivity index (χ2n) is 8.06. The fourth-order valence-electron chi connectivity index (χ4n) is 4.26. The van der Waals surface area contributed by atoms with Gasteiger partial charge in [0.05, 0.1) is 17.0 Å². The summed E-state index contributed by atoms with van der Waals surface area (Å²) in [5, 5.41) is 2.97. The minimum atomic E-state index is -0.473. The number of imidazole rings is 1. The molecule has 0 spiro atoms. The van der Waals surface area contributed by atoms with Crippen LogP contribution in [0.4, 0.5) is 11.6 Å². The number of fused-ring (bicyclic) bond motifs is 2. The zero-order chi connectivity index (χ0) is 22.8. The van der Waals surface area contributed by atoms with Gasteiger partial charge in [-0.3, -0.25) is 14.9 Å². The molecule has 2 aliphatic rings. The third-order valence-electron chi connectivity index (χ3n) is 5.93. The van der Waals surface area contributed by atoms with Crippen LogP contribution in [0.3, 0.4) is 0 Å². The second kappa shape index (κ2) is 9.11. The van der Waals surface area contributed by atoms with Gasteiger partial charge >= 0.3 is 0 Å². The van der Waals surface area contributed by atoms with Crippen molar-refractivity contribution in [3.8, 4) is 11.5 Å². The van der Waals surface area contributed by atoms with Crippen molar-refractivity contribution in [3.05, 3.63) is 42.5 Å². The summed E-state index contributed by atoms with van der Waals surface area (Å²) in [6.07, 6.45) is 0.946. The molecule has 1 atom stereocenters. The molecule has 0 bridgehead atoms. The van der Waals surface area contributed by atoms with Gasteiger partial charge in [-0.2, -0.15) is 0 Å². The number of amides is 2. The molecule has 0 aliphatic carbocycles. The number of ether oxygens (including phenoxy) is 3. The van der Waals surface area contributed by atoms with Gasteiger partial charge in [-0.1, -0.05) is 12.1 Å². The number of nitrogens with one attached hydrogen (secondary N) is 1. The molecule has 3 aromatic rings. The number of benzene rings is 2. The summed E-state index contributed by atoms with van der Waals surface area (Å²) < 4.78 is 18.2. The van der Waals surface area contributed by atoms with Gasteiger partial charge in [0.15, 0.2) is 11.5 Å². The molecule has 1 unspecified atom stereocenters. The summed E-state index contributed by atoms with van der Waals surface area (Å²) in [4.78, 5) is 32.1. The Labute approximate surface area is 191 Å². The van der Waals surface area contributed by atoms with Gasteiger partial charge in [0.25, 0.3) is 0 Å². The SMILES string of the molecule is CCOCCCn1c(NC(=O)C2CC(=O)N(c3ccc4c(c3)OCO4)C2)nc2ccccc21. The first kappa shape index (κ1) is 21.3. The predicted molar refractivity (Wildman–Crippen MR) is 122 cm³/mol. The molecule has 2 amide bonds. The lowest BCUT2D eigenvalue weighted by atomic mass is 10.1. The van der Waals surface area contributed by atoms with Gasteiger partial charge < -0.3 is 23.7 Å². The molecule has 2 aliphatic heterocycles. The number of para-hydroxylation sites is 2. The Balaban J connectivity index is 1.31. The van der Waals surface area contributed by atoms with Gasteiger partial charge in [0.1, 0.15) is 0 Å². The molecule has 1 N–H and O–H groups in total. The fourth-order valence-corrected chi connectivity index (χ4v) is 4.26. The van der Waals surface area contributed by atoms with E-state index in [-0.39, 0.29) is 25.0 Å². The number of aryl methyl sites for hydroxylation is 1. The van der Waals surface area contributed by atoms with Crippen molar-refractivity contribution < 1.29 is 23.8 Å². The lowest BCUT2D eigenvalue weighted by Crippen LogP contribution is -2.29. The summed E-state index contributed by atoms with van der Waals surface area (Å²) in [5.74, 6) is 0.968. The first-order valence-corrected chi connectivity index (χ1v) is 11.2. The molecule has 2 aromatic carbocycles. The summed E-state index contributed by atoms with van der Waals surface area (Å²) in [5.41, 5.74) is 2.46. The van der Waals surface area contributed by atoms with Crippen LogP contribution in [0.15, 0.2) is 42.5 Å². The molecule has 0 radical (unpaired) electrons. The zero-order valence-electron chi connectivity index (χ0n) is 18.5. The first-order chi connectivity index (χ1) is 16.1. The van der Waals surface area contributed by atoms with Crippen molar-refractivity contribution in [2.75, 3.05) is 36.8 Å². The highest BCUT2D eigenvalue weighted by Gasteiger charge is 2.36. The molecule has 1 aromatic heterocycles.